The fourth-order valence-corrected chi connectivity index (χ4v) is 0.521. The minimum atomic E-state index is -1.86. The highest BCUT2D eigenvalue weighted by atomic mass is 16.6. The third-order valence-electron chi connectivity index (χ3n) is 1.86. The van der Waals surface area contributed by atoms with Crippen molar-refractivity contribution < 1.29 is 19.7 Å². The van der Waals surface area contributed by atoms with Gasteiger partial charge in [-0.2, -0.15) is 0 Å². The minimum Gasteiger partial charge on any atom is -0.464 e. The quantitative estimate of drug-likeness (QED) is 0.597. The lowest BCUT2D eigenvalue weighted by Crippen LogP contribution is -2.54. The van der Waals surface area contributed by atoms with Gasteiger partial charge in [0.1, 0.15) is 0 Å². The van der Waals surface area contributed by atoms with Gasteiger partial charge in [-0.3, -0.25) is 0 Å². The summed E-state index contributed by atoms with van der Waals surface area (Å²) in [4.78, 5) is 11.1. The van der Waals surface area contributed by atoms with Gasteiger partial charge in [0.05, 0.1) is 12.2 Å². The summed E-state index contributed by atoms with van der Waals surface area (Å²) < 4.78 is 4.58. The number of hydrogen-bond donors (Lipinski definition) is 2. The Kier molecular flexibility index (Phi) is 3.24. The molecule has 0 radical (unpaired) electrons. The van der Waals surface area contributed by atoms with Gasteiger partial charge in [-0.25, -0.2) is 4.79 Å². The highest BCUT2D eigenvalue weighted by Gasteiger charge is 2.45. The van der Waals surface area contributed by atoms with Crippen LogP contribution in [-0.4, -0.2) is 34.0 Å². The van der Waals surface area contributed by atoms with Gasteiger partial charge in [0.2, 0.25) is 0 Å². The molecule has 0 amide bonds. The van der Waals surface area contributed by atoms with Crippen molar-refractivity contribution in [3.05, 3.63) is 0 Å². The lowest BCUT2D eigenvalue weighted by atomic mass is 9.88. The van der Waals surface area contributed by atoms with Crippen LogP contribution in [0.1, 0.15) is 27.7 Å². The molecule has 0 aromatic rings. The molecule has 2 N–H and O–H groups in total. The van der Waals surface area contributed by atoms with Crippen molar-refractivity contribution in [2.45, 2.75) is 38.9 Å². The molecular formula is C8H16O4. The zero-order valence-corrected chi connectivity index (χ0v) is 7.92. The Hall–Kier alpha value is -0.610. The topological polar surface area (TPSA) is 66.8 Å². The van der Waals surface area contributed by atoms with E-state index in [4.69, 9.17) is 0 Å². The van der Waals surface area contributed by atoms with E-state index >= 15 is 0 Å². The van der Waals surface area contributed by atoms with Gasteiger partial charge in [0.15, 0.2) is 5.60 Å². The molecule has 72 valence electrons. The van der Waals surface area contributed by atoms with E-state index in [9.17, 15) is 15.0 Å². The zero-order valence-electron chi connectivity index (χ0n) is 7.92. The molecule has 4 heteroatoms. The highest BCUT2D eigenvalue weighted by molar-refractivity contribution is 5.80. The summed E-state index contributed by atoms with van der Waals surface area (Å²) in [6.07, 6.45) is 0. The van der Waals surface area contributed by atoms with E-state index in [0.29, 0.717) is 0 Å². The van der Waals surface area contributed by atoms with Crippen LogP contribution in [-0.2, 0) is 9.53 Å². The largest absolute Gasteiger partial charge is 0.464 e. The number of aliphatic hydroxyl groups is 2. The molecule has 0 aliphatic heterocycles. The molecule has 0 saturated heterocycles. The predicted octanol–water partition coefficient (Wildman–Crippen LogP) is 0.0714. The van der Waals surface area contributed by atoms with E-state index in [-0.39, 0.29) is 6.61 Å². The lowest BCUT2D eigenvalue weighted by Gasteiger charge is -2.32. The maximum Gasteiger partial charge on any atom is 0.340 e. The van der Waals surface area contributed by atoms with E-state index in [1.807, 2.05) is 0 Å². The summed E-state index contributed by atoms with van der Waals surface area (Å²) in [5, 5.41) is 18.9. The molecule has 4 nitrogen and oxygen atoms in total. The van der Waals surface area contributed by atoms with Crippen LogP contribution in [0.5, 0.6) is 0 Å². The first-order valence-corrected chi connectivity index (χ1v) is 3.85. The Balaban J connectivity index is 4.50. The molecule has 1 atom stereocenters. The second kappa shape index (κ2) is 3.41. The molecule has 0 aliphatic rings. The molecule has 0 fully saturated rings. The average Bonchev–Trinajstić information content (AvgIpc) is 1.85. The molecule has 0 aromatic carbocycles. The molecule has 0 rings (SSSR count). The zero-order chi connectivity index (χ0) is 9.99. The minimum absolute atomic E-state index is 0.186. The van der Waals surface area contributed by atoms with Crippen molar-refractivity contribution in [2.24, 2.45) is 0 Å². The monoisotopic (exact) mass is 176 g/mol. The molecule has 0 saturated carbocycles. The number of carbonyl (C=O) groups excluding carboxylic acids is 1. The summed E-state index contributed by atoms with van der Waals surface area (Å²) in [5.74, 6) is -0.808. The lowest BCUT2D eigenvalue weighted by molar-refractivity contribution is -0.187. The Bertz CT molecular complexity index is 166. The molecule has 0 heterocycles. The van der Waals surface area contributed by atoms with Crippen LogP contribution >= 0.6 is 0 Å². The molecule has 0 aliphatic carbocycles. The normalized spacial score (nSPS) is 16.8. The van der Waals surface area contributed by atoms with E-state index in [2.05, 4.69) is 4.74 Å². The van der Waals surface area contributed by atoms with Gasteiger partial charge in [-0.05, 0) is 27.7 Å². The highest BCUT2D eigenvalue weighted by Crippen LogP contribution is 2.22. The summed E-state index contributed by atoms with van der Waals surface area (Å²) in [6.45, 7) is 5.75. The van der Waals surface area contributed by atoms with Gasteiger partial charge >= 0.3 is 5.97 Å². The second-order valence-corrected chi connectivity index (χ2v) is 3.35. The number of hydrogen-bond acceptors (Lipinski definition) is 4. The van der Waals surface area contributed by atoms with Crippen LogP contribution in [0.4, 0.5) is 0 Å². The first-order valence-electron chi connectivity index (χ1n) is 3.85. The SMILES string of the molecule is CCOC(=O)C(C)(O)C(C)(C)O. The second-order valence-electron chi connectivity index (χ2n) is 3.35. The summed E-state index contributed by atoms with van der Waals surface area (Å²) in [7, 11) is 0. The maximum atomic E-state index is 11.1. The Morgan fingerprint density at radius 1 is 1.33 bits per heavy atom. The van der Waals surface area contributed by atoms with Crippen molar-refractivity contribution in [2.75, 3.05) is 6.61 Å². The van der Waals surface area contributed by atoms with Crippen LogP contribution in [0.25, 0.3) is 0 Å². The fraction of sp³-hybridized carbons (Fsp3) is 0.875. The third kappa shape index (κ3) is 2.19. The van der Waals surface area contributed by atoms with Crippen LogP contribution in [0.15, 0.2) is 0 Å². The van der Waals surface area contributed by atoms with Gasteiger partial charge in [-0.1, -0.05) is 0 Å². The van der Waals surface area contributed by atoms with Gasteiger partial charge < -0.3 is 14.9 Å². The van der Waals surface area contributed by atoms with Crippen LogP contribution < -0.4 is 0 Å². The molecule has 1 unspecified atom stereocenters. The molecule has 0 aromatic heterocycles. The molecule has 0 bridgehead atoms. The Morgan fingerprint density at radius 3 is 2.00 bits per heavy atom. The number of rotatable bonds is 3. The fourth-order valence-electron chi connectivity index (χ4n) is 0.521. The molecule has 0 spiro atoms. The third-order valence-corrected chi connectivity index (χ3v) is 1.86. The van der Waals surface area contributed by atoms with Crippen molar-refractivity contribution in [1.29, 1.82) is 0 Å². The van der Waals surface area contributed by atoms with Crippen LogP contribution in [0.3, 0.4) is 0 Å². The number of esters is 1. The van der Waals surface area contributed by atoms with Crippen molar-refractivity contribution >= 4 is 5.97 Å². The molecule has 12 heavy (non-hydrogen) atoms. The maximum absolute atomic E-state index is 11.1. The van der Waals surface area contributed by atoms with Crippen molar-refractivity contribution in [3.8, 4) is 0 Å². The number of ether oxygens (including phenoxy) is 1. The summed E-state index contributed by atoms with van der Waals surface area (Å²) in [6, 6.07) is 0. The smallest absolute Gasteiger partial charge is 0.340 e. The predicted molar refractivity (Wildman–Crippen MR) is 43.6 cm³/mol. The standard InChI is InChI=1S/C8H16O4/c1-5-12-6(9)8(4,11)7(2,3)10/h10-11H,5H2,1-4H3. The first kappa shape index (κ1) is 11.4. The van der Waals surface area contributed by atoms with E-state index in [1.165, 1.54) is 20.8 Å². The van der Waals surface area contributed by atoms with Crippen LogP contribution in [0, 0.1) is 0 Å². The molecular weight excluding hydrogens is 160 g/mol. The summed E-state index contributed by atoms with van der Waals surface area (Å²) >= 11 is 0. The Morgan fingerprint density at radius 2 is 1.75 bits per heavy atom. The van der Waals surface area contributed by atoms with E-state index in [1.54, 1.807) is 6.92 Å². The summed E-state index contributed by atoms with van der Waals surface area (Å²) in [5.41, 5.74) is -3.36. The van der Waals surface area contributed by atoms with Crippen LogP contribution in [0.2, 0.25) is 0 Å². The van der Waals surface area contributed by atoms with Gasteiger partial charge in [0, 0.05) is 0 Å². The Labute approximate surface area is 72.2 Å². The van der Waals surface area contributed by atoms with Crippen molar-refractivity contribution in [1.82, 2.24) is 0 Å². The number of carbonyl (C=O) groups is 1. The van der Waals surface area contributed by atoms with E-state index < -0.39 is 17.2 Å². The average molecular weight is 176 g/mol. The van der Waals surface area contributed by atoms with Gasteiger partial charge in [-0.15, -0.1) is 0 Å². The van der Waals surface area contributed by atoms with Crippen molar-refractivity contribution in [3.63, 3.8) is 0 Å². The van der Waals surface area contributed by atoms with E-state index in [0.717, 1.165) is 0 Å². The first-order chi connectivity index (χ1) is 5.23. The van der Waals surface area contributed by atoms with Gasteiger partial charge in [0.25, 0.3) is 0 Å².